The fourth-order valence-electron chi connectivity index (χ4n) is 4.43. The summed E-state index contributed by atoms with van der Waals surface area (Å²) in [6.45, 7) is 12.1. The van der Waals surface area contributed by atoms with E-state index in [1.54, 1.807) is 24.2 Å². The Balaban J connectivity index is 1.62. The number of piperidine rings is 1. The van der Waals surface area contributed by atoms with Gasteiger partial charge in [0.25, 0.3) is 0 Å². The SMILES string of the molecule is C=C(N=C/C(=C\C)OC1CCN(C)CC1)c1cccc(CN(C)C(=O)/C=C\C(=C(C)C)c2cc(F)cc(F)c2)c1. The summed E-state index contributed by atoms with van der Waals surface area (Å²) in [4.78, 5) is 21.3. The Kier molecular flexibility index (Phi) is 11.1. The molecule has 1 saturated heterocycles. The normalized spacial score (nSPS) is 15.0. The number of carbonyl (C=O) groups is 1. The molecule has 0 saturated carbocycles. The highest BCUT2D eigenvalue weighted by atomic mass is 19.1. The minimum atomic E-state index is -0.664. The van der Waals surface area contributed by atoms with Crippen LogP contribution in [-0.4, -0.2) is 55.2 Å². The summed E-state index contributed by atoms with van der Waals surface area (Å²) in [7, 11) is 3.82. The van der Waals surface area contributed by atoms with E-state index in [4.69, 9.17) is 4.74 Å². The standard InChI is InChI=1S/C33H39F2N3O2/c1-7-30(40-31-13-15-37(5)16-14-31)21-36-24(4)26-10-8-9-25(17-26)22-38(6)33(39)12-11-32(23(2)3)27-18-28(34)20-29(35)19-27/h7-12,17-21,31H,4,13-16,22H2,1-3,5-6H3/b12-11-,30-7+,36-21?. The van der Waals surface area contributed by atoms with E-state index in [1.165, 1.54) is 18.2 Å². The summed E-state index contributed by atoms with van der Waals surface area (Å²) >= 11 is 0. The lowest BCUT2D eigenvalue weighted by atomic mass is 10.0. The second-order valence-corrected chi connectivity index (χ2v) is 10.3. The van der Waals surface area contributed by atoms with Crippen molar-refractivity contribution in [2.75, 3.05) is 27.2 Å². The van der Waals surface area contributed by atoms with Crippen molar-refractivity contribution >= 4 is 23.4 Å². The van der Waals surface area contributed by atoms with Crippen molar-refractivity contribution in [1.29, 1.82) is 0 Å². The predicted molar refractivity (Wildman–Crippen MR) is 160 cm³/mol. The third-order valence-corrected chi connectivity index (χ3v) is 6.76. The van der Waals surface area contributed by atoms with Gasteiger partial charge in [0.2, 0.25) is 5.91 Å². The fraction of sp³-hybridized carbons (Fsp3) is 0.333. The summed E-state index contributed by atoms with van der Waals surface area (Å²) in [6.07, 6.45) is 8.80. The van der Waals surface area contributed by atoms with Crippen molar-refractivity contribution in [1.82, 2.24) is 9.80 Å². The molecule has 5 nitrogen and oxygen atoms in total. The lowest BCUT2D eigenvalue weighted by Gasteiger charge is -2.29. The lowest BCUT2D eigenvalue weighted by Crippen LogP contribution is -2.34. The first-order chi connectivity index (χ1) is 19.0. The van der Waals surface area contributed by atoms with Gasteiger partial charge in [0, 0.05) is 38.8 Å². The summed E-state index contributed by atoms with van der Waals surface area (Å²) in [5.41, 5.74) is 4.17. The maximum atomic E-state index is 13.7. The average molecular weight is 548 g/mol. The van der Waals surface area contributed by atoms with E-state index in [-0.39, 0.29) is 12.0 Å². The van der Waals surface area contributed by atoms with Gasteiger partial charge in [0.1, 0.15) is 23.5 Å². The highest BCUT2D eigenvalue weighted by molar-refractivity contribution is 5.91. The Hall–Kier alpha value is -3.84. The molecule has 0 bridgehead atoms. The summed E-state index contributed by atoms with van der Waals surface area (Å²) in [5, 5.41) is 0. The highest BCUT2D eigenvalue weighted by Crippen LogP contribution is 2.23. The number of hydrogen-bond donors (Lipinski definition) is 0. The van der Waals surface area contributed by atoms with Gasteiger partial charge in [-0.25, -0.2) is 8.78 Å². The quantitative estimate of drug-likeness (QED) is 0.139. The molecule has 2 aromatic carbocycles. The second kappa shape index (κ2) is 14.5. The molecule has 40 heavy (non-hydrogen) atoms. The molecule has 0 spiro atoms. The molecule has 2 aromatic rings. The molecule has 212 valence electrons. The smallest absolute Gasteiger partial charge is 0.246 e. The minimum absolute atomic E-state index is 0.190. The largest absolute Gasteiger partial charge is 0.489 e. The minimum Gasteiger partial charge on any atom is -0.489 e. The zero-order chi connectivity index (χ0) is 29.2. The molecule has 1 aliphatic rings. The maximum Gasteiger partial charge on any atom is 0.246 e. The molecule has 1 heterocycles. The number of aliphatic imine (C=N–C) groups is 1. The van der Waals surface area contributed by atoms with Crippen LogP contribution in [0.2, 0.25) is 0 Å². The Morgan fingerprint density at radius 3 is 2.40 bits per heavy atom. The van der Waals surface area contributed by atoms with Gasteiger partial charge < -0.3 is 14.5 Å². The van der Waals surface area contributed by atoms with Crippen LogP contribution in [0.3, 0.4) is 0 Å². The molecule has 0 radical (unpaired) electrons. The van der Waals surface area contributed by atoms with Gasteiger partial charge in [-0.1, -0.05) is 30.4 Å². The van der Waals surface area contributed by atoms with Crippen LogP contribution >= 0.6 is 0 Å². The number of nitrogens with zero attached hydrogens (tertiary/aromatic N) is 3. The highest BCUT2D eigenvalue weighted by Gasteiger charge is 2.18. The van der Waals surface area contributed by atoms with Crippen LogP contribution in [0.4, 0.5) is 8.78 Å². The van der Waals surface area contributed by atoms with Crippen LogP contribution in [0.25, 0.3) is 11.3 Å². The Morgan fingerprint density at radius 1 is 1.10 bits per heavy atom. The van der Waals surface area contributed by atoms with Gasteiger partial charge in [0.05, 0.1) is 11.9 Å². The first-order valence-electron chi connectivity index (χ1n) is 13.5. The van der Waals surface area contributed by atoms with E-state index in [1.807, 2.05) is 51.1 Å². The van der Waals surface area contributed by atoms with Crippen molar-refractivity contribution in [3.8, 4) is 0 Å². The molecule has 0 aromatic heterocycles. The first-order valence-corrected chi connectivity index (χ1v) is 13.5. The number of likely N-dealkylation sites (tertiary alicyclic amines) is 1. The van der Waals surface area contributed by atoms with Crippen LogP contribution in [0.1, 0.15) is 50.3 Å². The topological polar surface area (TPSA) is 45.1 Å². The summed E-state index contributed by atoms with van der Waals surface area (Å²) < 4.78 is 33.6. The van der Waals surface area contributed by atoms with Crippen molar-refractivity contribution in [2.24, 2.45) is 4.99 Å². The van der Waals surface area contributed by atoms with Crippen LogP contribution in [-0.2, 0) is 16.1 Å². The molecule has 0 atom stereocenters. The lowest BCUT2D eigenvalue weighted by molar-refractivity contribution is -0.125. The number of ether oxygens (including phenoxy) is 1. The molecule has 1 fully saturated rings. The van der Waals surface area contributed by atoms with Gasteiger partial charge in [-0.05, 0) is 93.3 Å². The number of benzene rings is 2. The molecule has 7 heteroatoms. The first kappa shape index (κ1) is 30.7. The molecular formula is C33H39F2N3O2. The van der Waals surface area contributed by atoms with E-state index in [2.05, 4.69) is 23.5 Å². The van der Waals surface area contributed by atoms with Gasteiger partial charge in [-0.3, -0.25) is 9.79 Å². The third kappa shape index (κ3) is 9.12. The van der Waals surface area contributed by atoms with Gasteiger partial charge in [0.15, 0.2) is 0 Å². The number of amides is 1. The molecule has 0 aliphatic carbocycles. The zero-order valence-corrected chi connectivity index (χ0v) is 24.1. The van der Waals surface area contributed by atoms with Gasteiger partial charge in [-0.15, -0.1) is 0 Å². The predicted octanol–water partition coefficient (Wildman–Crippen LogP) is 7.03. The molecule has 1 amide bonds. The molecule has 3 rings (SSSR count). The molecule has 0 N–H and O–H groups in total. The van der Waals surface area contributed by atoms with Crippen LogP contribution in [0, 0.1) is 11.6 Å². The second-order valence-electron chi connectivity index (χ2n) is 10.3. The van der Waals surface area contributed by atoms with Gasteiger partial charge in [-0.2, -0.15) is 0 Å². The van der Waals surface area contributed by atoms with E-state index < -0.39 is 11.6 Å². The van der Waals surface area contributed by atoms with Crippen molar-refractivity contribution in [3.05, 3.63) is 107 Å². The number of carbonyl (C=O) groups excluding carboxylic acids is 1. The number of halogens is 2. The number of allylic oxidation sites excluding steroid dienone is 5. The van der Waals surface area contributed by atoms with Crippen LogP contribution < -0.4 is 0 Å². The zero-order valence-electron chi connectivity index (χ0n) is 24.1. The Labute approximate surface area is 236 Å². The van der Waals surface area contributed by atoms with Crippen LogP contribution in [0.15, 0.2) is 83.6 Å². The Bertz CT molecular complexity index is 1310. The number of hydrogen-bond acceptors (Lipinski definition) is 4. The monoisotopic (exact) mass is 547 g/mol. The van der Waals surface area contributed by atoms with E-state index in [9.17, 15) is 13.6 Å². The molecular weight excluding hydrogens is 508 g/mol. The summed E-state index contributed by atoms with van der Waals surface area (Å²) in [6, 6.07) is 11.1. The summed E-state index contributed by atoms with van der Waals surface area (Å²) in [5.74, 6) is -0.839. The van der Waals surface area contributed by atoms with Crippen LogP contribution in [0.5, 0.6) is 0 Å². The van der Waals surface area contributed by atoms with Gasteiger partial charge >= 0.3 is 0 Å². The van der Waals surface area contributed by atoms with Crippen molar-refractivity contribution < 1.29 is 18.3 Å². The number of likely N-dealkylation sites (N-methyl/N-ethyl adjacent to an activating group) is 1. The van der Waals surface area contributed by atoms with E-state index in [0.29, 0.717) is 23.4 Å². The van der Waals surface area contributed by atoms with Crippen molar-refractivity contribution in [3.63, 3.8) is 0 Å². The molecule has 0 unspecified atom stereocenters. The Morgan fingerprint density at radius 2 is 1.77 bits per heavy atom. The molecule has 1 aliphatic heterocycles. The van der Waals surface area contributed by atoms with Crippen molar-refractivity contribution in [2.45, 2.75) is 46.3 Å². The number of rotatable bonds is 10. The van der Waals surface area contributed by atoms with E-state index >= 15 is 0 Å². The average Bonchev–Trinajstić information content (AvgIpc) is 2.91. The van der Waals surface area contributed by atoms with E-state index in [0.717, 1.165) is 54.5 Å². The fourth-order valence-corrected chi connectivity index (χ4v) is 4.43. The third-order valence-electron chi connectivity index (χ3n) is 6.76. The maximum absolute atomic E-state index is 13.7.